The summed E-state index contributed by atoms with van der Waals surface area (Å²) in [7, 11) is 0. The van der Waals surface area contributed by atoms with Crippen LogP contribution in [0.15, 0.2) is 54.6 Å². The summed E-state index contributed by atoms with van der Waals surface area (Å²) in [6, 6.07) is 21.1. The number of primary amides is 1. The molecule has 27 heavy (non-hydrogen) atoms. The number of benzene rings is 3. The smallest absolute Gasteiger partial charge is 0.249 e. The van der Waals surface area contributed by atoms with Crippen molar-refractivity contribution in [2.75, 3.05) is 0 Å². The molecule has 1 amide bonds. The molecule has 4 nitrogen and oxygen atoms in total. The normalized spacial score (nSPS) is 11.3. The molecule has 0 spiro atoms. The van der Waals surface area contributed by atoms with E-state index in [1.165, 1.54) is 11.1 Å². The molecule has 0 saturated carbocycles. The maximum Gasteiger partial charge on any atom is 0.249 e. The molecule has 0 aliphatic rings. The van der Waals surface area contributed by atoms with E-state index in [1.54, 1.807) is 12.1 Å². The van der Waals surface area contributed by atoms with E-state index in [0.29, 0.717) is 12.1 Å². The van der Waals surface area contributed by atoms with Gasteiger partial charge in [-0.3, -0.25) is 4.79 Å². The van der Waals surface area contributed by atoms with Gasteiger partial charge in [-0.2, -0.15) is 0 Å². The Kier molecular flexibility index (Phi) is 4.42. The van der Waals surface area contributed by atoms with Crippen LogP contribution in [0.4, 0.5) is 0 Å². The fourth-order valence-electron chi connectivity index (χ4n) is 3.63. The zero-order chi connectivity index (χ0) is 19.0. The van der Waals surface area contributed by atoms with Crippen molar-refractivity contribution in [2.45, 2.75) is 26.5 Å². The van der Waals surface area contributed by atoms with E-state index in [1.807, 2.05) is 18.2 Å². The summed E-state index contributed by atoms with van der Waals surface area (Å²) in [6.07, 6.45) is 1.01. The van der Waals surface area contributed by atoms with E-state index in [-0.39, 0.29) is 6.61 Å². The van der Waals surface area contributed by atoms with Gasteiger partial charge in [0.2, 0.25) is 5.91 Å². The summed E-state index contributed by atoms with van der Waals surface area (Å²) >= 11 is 0. The van der Waals surface area contributed by atoms with Gasteiger partial charge in [-0.15, -0.1) is 0 Å². The molecule has 0 saturated heterocycles. The number of rotatable bonds is 5. The van der Waals surface area contributed by atoms with Gasteiger partial charge in [-0.05, 0) is 53.4 Å². The van der Waals surface area contributed by atoms with Crippen molar-refractivity contribution >= 4 is 27.7 Å². The van der Waals surface area contributed by atoms with Crippen LogP contribution in [0.1, 0.15) is 34.0 Å². The lowest BCUT2D eigenvalue weighted by Gasteiger charge is -2.09. The second-order valence-electron chi connectivity index (χ2n) is 6.75. The first kappa shape index (κ1) is 17.3. The van der Waals surface area contributed by atoms with Gasteiger partial charge in [-0.1, -0.05) is 37.3 Å². The third kappa shape index (κ3) is 2.98. The number of amides is 1. The Bertz CT molecular complexity index is 1140. The van der Waals surface area contributed by atoms with E-state index in [4.69, 9.17) is 5.73 Å². The molecule has 1 heterocycles. The van der Waals surface area contributed by atoms with Gasteiger partial charge in [0, 0.05) is 22.9 Å². The van der Waals surface area contributed by atoms with Crippen molar-refractivity contribution in [2.24, 2.45) is 5.73 Å². The largest absolute Gasteiger partial charge is 0.392 e. The number of hydrogen-bond donors (Lipinski definition) is 2. The van der Waals surface area contributed by atoms with Crippen LogP contribution in [0.25, 0.3) is 21.8 Å². The molecule has 3 N–H and O–H groups in total. The Hall–Kier alpha value is -3.11. The number of aliphatic hydroxyl groups excluding tert-OH is 1. The van der Waals surface area contributed by atoms with E-state index in [2.05, 4.69) is 41.8 Å². The topological polar surface area (TPSA) is 68.2 Å². The summed E-state index contributed by atoms with van der Waals surface area (Å²) in [5.41, 5.74) is 11.2. The molecule has 0 bridgehead atoms. The van der Waals surface area contributed by atoms with E-state index in [0.717, 1.165) is 33.8 Å². The van der Waals surface area contributed by atoms with Gasteiger partial charge >= 0.3 is 0 Å². The SMILES string of the molecule is CCc1ccc(Cn2c3cc(CO)c[c]c3c3c(C(N)=O)cccc32)cc1. The number of carbonyl (C=O) groups excluding carboxylic acids is 1. The summed E-state index contributed by atoms with van der Waals surface area (Å²) in [6.45, 7) is 2.75. The molecule has 135 valence electrons. The van der Waals surface area contributed by atoms with Crippen LogP contribution in [-0.4, -0.2) is 15.6 Å². The number of aryl methyl sites for hydroxylation is 1. The van der Waals surface area contributed by atoms with Crippen LogP contribution in [-0.2, 0) is 19.6 Å². The second-order valence-corrected chi connectivity index (χ2v) is 6.75. The lowest BCUT2D eigenvalue weighted by molar-refractivity contribution is 0.100. The predicted molar refractivity (Wildman–Crippen MR) is 108 cm³/mol. The molecule has 4 heteroatoms. The fourth-order valence-corrected chi connectivity index (χ4v) is 3.63. The minimum atomic E-state index is -0.452. The average molecular weight is 357 g/mol. The maximum absolute atomic E-state index is 12.0. The molecule has 4 aromatic rings. The van der Waals surface area contributed by atoms with Crippen LogP contribution in [0, 0.1) is 6.07 Å². The average Bonchev–Trinajstić information content (AvgIpc) is 3.01. The Balaban J connectivity index is 1.98. The van der Waals surface area contributed by atoms with Crippen molar-refractivity contribution in [1.82, 2.24) is 4.57 Å². The van der Waals surface area contributed by atoms with Gasteiger partial charge in [0.25, 0.3) is 0 Å². The molecular formula is C23H21N2O2. The number of hydrogen-bond acceptors (Lipinski definition) is 2. The second kappa shape index (κ2) is 6.89. The predicted octanol–water partition coefficient (Wildman–Crippen LogP) is 3.80. The minimum Gasteiger partial charge on any atom is -0.392 e. The highest BCUT2D eigenvalue weighted by Gasteiger charge is 2.17. The number of aliphatic hydroxyl groups is 1. The molecular weight excluding hydrogens is 336 g/mol. The van der Waals surface area contributed by atoms with E-state index < -0.39 is 5.91 Å². The standard InChI is InChI=1S/C23H21N2O2/c1-2-15-6-8-16(9-7-15)13-25-20-5-3-4-19(23(24)27)22(20)18-11-10-17(14-26)12-21(18)25/h3-10,12,26H,2,13-14H2,1H3,(H2,24,27). The highest BCUT2D eigenvalue weighted by molar-refractivity contribution is 6.17. The lowest BCUT2D eigenvalue weighted by atomic mass is 10.0. The first-order chi connectivity index (χ1) is 13.1. The molecule has 0 unspecified atom stereocenters. The molecule has 4 rings (SSSR count). The number of nitrogens with two attached hydrogens (primary N) is 1. The van der Waals surface area contributed by atoms with Crippen molar-refractivity contribution < 1.29 is 9.90 Å². The molecule has 0 fully saturated rings. The summed E-state index contributed by atoms with van der Waals surface area (Å²) in [5.74, 6) is -0.452. The quantitative estimate of drug-likeness (QED) is 0.570. The Morgan fingerprint density at radius 2 is 1.81 bits per heavy atom. The maximum atomic E-state index is 12.0. The highest BCUT2D eigenvalue weighted by atomic mass is 16.3. The third-order valence-corrected chi connectivity index (χ3v) is 5.07. The van der Waals surface area contributed by atoms with Crippen molar-refractivity contribution in [3.8, 4) is 0 Å². The van der Waals surface area contributed by atoms with Crippen LogP contribution >= 0.6 is 0 Å². The molecule has 1 radical (unpaired) electrons. The van der Waals surface area contributed by atoms with Gasteiger partial charge in [0.15, 0.2) is 0 Å². The lowest BCUT2D eigenvalue weighted by Crippen LogP contribution is -2.11. The number of aromatic nitrogens is 1. The molecule has 0 atom stereocenters. The molecule has 3 aromatic carbocycles. The van der Waals surface area contributed by atoms with Crippen LogP contribution < -0.4 is 5.73 Å². The summed E-state index contributed by atoms with van der Waals surface area (Å²) in [5, 5.41) is 11.2. The summed E-state index contributed by atoms with van der Waals surface area (Å²) < 4.78 is 2.16. The zero-order valence-corrected chi connectivity index (χ0v) is 15.2. The number of nitrogens with zero attached hydrogens (tertiary/aromatic N) is 1. The minimum absolute atomic E-state index is 0.0537. The van der Waals surface area contributed by atoms with Crippen LogP contribution in [0.2, 0.25) is 0 Å². The van der Waals surface area contributed by atoms with Gasteiger partial charge in [0.1, 0.15) is 0 Å². The van der Waals surface area contributed by atoms with Crippen molar-refractivity contribution in [3.63, 3.8) is 0 Å². The van der Waals surface area contributed by atoms with Crippen LogP contribution in [0.3, 0.4) is 0 Å². The Morgan fingerprint density at radius 1 is 1.07 bits per heavy atom. The van der Waals surface area contributed by atoms with Crippen LogP contribution in [0.5, 0.6) is 0 Å². The van der Waals surface area contributed by atoms with Gasteiger partial charge < -0.3 is 15.4 Å². The first-order valence-corrected chi connectivity index (χ1v) is 9.06. The Morgan fingerprint density at radius 3 is 2.48 bits per heavy atom. The number of fused-ring (bicyclic) bond motifs is 3. The number of carbonyl (C=O) groups is 1. The van der Waals surface area contributed by atoms with Crippen molar-refractivity contribution in [1.29, 1.82) is 0 Å². The van der Waals surface area contributed by atoms with Gasteiger partial charge in [-0.25, -0.2) is 0 Å². The van der Waals surface area contributed by atoms with E-state index >= 15 is 0 Å². The Labute approximate surface area is 157 Å². The highest BCUT2D eigenvalue weighted by Crippen LogP contribution is 2.32. The molecule has 1 aromatic heterocycles. The van der Waals surface area contributed by atoms with Crippen molar-refractivity contribution in [3.05, 3.63) is 82.9 Å². The first-order valence-electron chi connectivity index (χ1n) is 9.06. The molecule has 0 aliphatic carbocycles. The zero-order valence-electron chi connectivity index (χ0n) is 15.2. The summed E-state index contributed by atoms with van der Waals surface area (Å²) in [4.78, 5) is 12.0. The monoisotopic (exact) mass is 357 g/mol. The third-order valence-electron chi connectivity index (χ3n) is 5.07. The molecule has 0 aliphatic heterocycles. The van der Waals surface area contributed by atoms with Gasteiger partial charge in [0.05, 0.1) is 17.6 Å². The fraction of sp³-hybridized carbons (Fsp3) is 0.174. The van der Waals surface area contributed by atoms with E-state index in [9.17, 15) is 9.90 Å².